The summed E-state index contributed by atoms with van der Waals surface area (Å²) in [5.74, 6) is -0.794. The Morgan fingerprint density at radius 2 is 1.79 bits per heavy atom. The molecule has 1 aromatic heterocycles. The molecule has 0 N–H and O–H groups in total. The van der Waals surface area contributed by atoms with Crippen LogP contribution >= 0.6 is 27.5 Å². The van der Waals surface area contributed by atoms with E-state index in [1.807, 2.05) is 6.92 Å². The molecule has 0 aliphatic carbocycles. The standard InChI is InChI=1S/C13H10BrClF2N2/c1-2-10-12(14)13(15)19-11(18-10)5-7-3-8(16)6-9(17)4-7/h3-4,6H,2,5H2,1H3. The fourth-order valence-corrected chi connectivity index (χ4v) is 2.38. The highest BCUT2D eigenvalue weighted by atomic mass is 79.9. The van der Waals surface area contributed by atoms with Crippen molar-refractivity contribution in [1.82, 2.24) is 9.97 Å². The van der Waals surface area contributed by atoms with E-state index in [1.54, 1.807) is 0 Å². The highest BCUT2D eigenvalue weighted by Crippen LogP contribution is 2.24. The predicted octanol–water partition coefficient (Wildman–Crippen LogP) is 4.32. The summed E-state index contributed by atoms with van der Waals surface area (Å²) in [5, 5.41) is 0.304. The minimum absolute atomic E-state index is 0.231. The van der Waals surface area contributed by atoms with Crippen LogP contribution in [0.1, 0.15) is 24.0 Å². The van der Waals surface area contributed by atoms with Crippen LogP contribution in [0.25, 0.3) is 0 Å². The first-order valence-corrected chi connectivity index (χ1v) is 6.82. The van der Waals surface area contributed by atoms with E-state index in [0.29, 0.717) is 27.4 Å². The summed E-state index contributed by atoms with van der Waals surface area (Å²) in [7, 11) is 0. The van der Waals surface area contributed by atoms with Crippen LogP contribution in [-0.2, 0) is 12.8 Å². The molecule has 0 fully saturated rings. The van der Waals surface area contributed by atoms with Crippen LogP contribution in [-0.4, -0.2) is 9.97 Å². The molecule has 2 rings (SSSR count). The Labute approximate surface area is 123 Å². The molecule has 0 saturated carbocycles. The maximum atomic E-state index is 13.1. The number of aromatic nitrogens is 2. The number of halogens is 4. The van der Waals surface area contributed by atoms with Gasteiger partial charge in [-0.3, -0.25) is 0 Å². The number of nitrogens with zero attached hydrogens (tertiary/aromatic N) is 2. The summed E-state index contributed by atoms with van der Waals surface area (Å²) in [6, 6.07) is 3.35. The van der Waals surface area contributed by atoms with Gasteiger partial charge in [0.1, 0.15) is 22.6 Å². The highest BCUT2D eigenvalue weighted by molar-refractivity contribution is 9.10. The van der Waals surface area contributed by atoms with E-state index in [0.717, 1.165) is 11.8 Å². The van der Waals surface area contributed by atoms with Crippen LogP contribution in [0.4, 0.5) is 8.78 Å². The minimum atomic E-state index is -0.617. The van der Waals surface area contributed by atoms with Gasteiger partial charge in [-0.25, -0.2) is 18.7 Å². The van der Waals surface area contributed by atoms with Crippen molar-refractivity contribution in [2.75, 3.05) is 0 Å². The Hall–Kier alpha value is -1.07. The van der Waals surface area contributed by atoms with E-state index >= 15 is 0 Å². The second-order valence-corrected chi connectivity index (χ2v) is 5.15. The molecular formula is C13H10BrClF2N2. The molecule has 0 amide bonds. The lowest BCUT2D eigenvalue weighted by atomic mass is 10.1. The Bertz CT molecular complexity index is 600. The van der Waals surface area contributed by atoms with Crippen molar-refractivity contribution in [3.05, 3.63) is 56.5 Å². The summed E-state index contributed by atoms with van der Waals surface area (Å²) in [4.78, 5) is 8.42. The Morgan fingerprint density at radius 3 is 2.37 bits per heavy atom. The first kappa shape index (κ1) is 14.3. The van der Waals surface area contributed by atoms with Gasteiger partial charge in [0.2, 0.25) is 0 Å². The Kier molecular flexibility index (Phi) is 4.47. The molecule has 6 heteroatoms. The third-order valence-electron chi connectivity index (χ3n) is 2.55. The summed E-state index contributed by atoms with van der Waals surface area (Å²) < 4.78 is 26.9. The highest BCUT2D eigenvalue weighted by Gasteiger charge is 2.10. The molecule has 0 bridgehead atoms. The van der Waals surface area contributed by atoms with E-state index in [-0.39, 0.29) is 6.42 Å². The third-order valence-corrected chi connectivity index (χ3v) is 3.88. The second kappa shape index (κ2) is 5.92. The lowest BCUT2D eigenvalue weighted by Gasteiger charge is -2.07. The number of benzene rings is 1. The van der Waals surface area contributed by atoms with Gasteiger partial charge < -0.3 is 0 Å². The van der Waals surface area contributed by atoms with Crippen molar-refractivity contribution in [2.45, 2.75) is 19.8 Å². The Balaban J connectivity index is 2.35. The van der Waals surface area contributed by atoms with E-state index in [9.17, 15) is 8.78 Å². The number of hydrogen-bond acceptors (Lipinski definition) is 2. The smallest absolute Gasteiger partial charge is 0.147 e. The van der Waals surface area contributed by atoms with Crippen molar-refractivity contribution in [1.29, 1.82) is 0 Å². The van der Waals surface area contributed by atoms with Crippen molar-refractivity contribution in [3.63, 3.8) is 0 Å². The van der Waals surface area contributed by atoms with Gasteiger partial charge in [-0.15, -0.1) is 0 Å². The molecule has 0 aliphatic heterocycles. The minimum Gasteiger partial charge on any atom is -0.236 e. The first-order chi connectivity index (χ1) is 8.99. The van der Waals surface area contributed by atoms with E-state index in [4.69, 9.17) is 11.6 Å². The summed E-state index contributed by atoms with van der Waals surface area (Å²) in [6.45, 7) is 1.94. The van der Waals surface area contributed by atoms with Crippen molar-refractivity contribution >= 4 is 27.5 Å². The van der Waals surface area contributed by atoms with Crippen molar-refractivity contribution in [2.24, 2.45) is 0 Å². The fraction of sp³-hybridized carbons (Fsp3) is 0.231. The molecule has 100 valence electrons. The molecule has 0 unspecified atom stereocenters. The maximum Gasteiger partial charge on any atom is 0.147 e. The van der Waals surface area contributed by atoms with Crippen LogP contribution in [0.2, 0.25) is 5.15 Å². The molecule has 1 heterocycles. The zero-order valence-electron chi connectivity index (χ0n) is 10.1. The van der Waals surface area contributed by atoms with Crippen molar-refractivity contribution < 1.29 is 8.78 Å². The van der Waals surface area contributed by atoms with E-state index < -0.39 is 11.6 Å². The lowest BCUT2D eigenvalue weighted by molar-refractivity contribution is 0.580. The average Bonchev–Trinajstić information content (AvgIpc) is 2.32. The average molecular weight is 348 g/mol. The molecule has 2 aromatic rings. The van der Waals surface area contributed by atoms with E-state index in [1.165, 1.54) is 12.1 Å². The van der Waals surface area contributed by atoms with Crippen molar-refractivity contribution in [3.8, 4) is 0 Å². The quantitative estimate of drug-likeness (QED) is 0.773. The molecule has 0 spiro atoms. The molecule has 0 saturated heterocycles. The van der Waals surface area contributed by atoms with Crippen LogP contribution in [0.15, 0.2) is 22.7 Å². The van der Waals surface area contributed by atoms with Crippen LogP contribution < -0.4 is 0 Å². The second-order valence-electron chi connectivity index (χ2n) is 4.00. The Morgan fingerprint density at radius 1 is 1.16 bits per heavy atom. The van der Waals surface area contributed by atoms with Crippen LogP contribution in [0.5, 0.6) is 0 Å². The molecule has 0 radical (unpaired) electrons. The first-order valence-electron chi connectivity index (χ1n) is 5.65. The summed E-state index contributed by atoms with van der Waals surface area (Å²) >= 11 is 9.29. The van der Waals surface area contributed by atoms with Gasteiger partial charge in [-0.05, 0) is 40.0 Å². The third kappa shape index (κ3) is 3.48. The monoisotopic (exact) mass is 346 g/mol. The van der Waals surface area contributed by atoms with Gasteiger partial charge in [0.25, 0.3) is 0 Å². The molecule has 0 aliphatic rings. The zero-order valence-corrected chi connectivity index (χ0v) is 12.4. The number of rotatable bonds is 3. The van der Waals surface area contributed by atoms with E-state index in [2.05, 4.69) is 25.9 Å². The molecule has 1 aromatic carbocycles. The molecule has 19 heavy (non-hydrogen) atoms. The van der Waals surface area contributed by atoms with Crippen LogP contribution in [0, 0.1) is 11.6 Å². The molecular weight excluding hydrogens is 338 g/mol. The zero-order chi connectivity index (χ0) is 14.0. The van der Waals surface area contributed by atoms with Gasteiger partial charge in [0, 0.05) is 12.5 Å². The topological polar surface area (TPSA) is 25.8 Å². The largest absolute Gasteiger partial charge is 0.236 e. The number of hydrogen-bond donors (Lipinski definition) is 0. The molecule has 2 nitrogen and oxygen atoms in total. The van der Waals surface area contributed by atoms with Crippen LogP contribution in [0.3, 0.4) is 0 Å². The van der Waals surface area contributed by atoms with Gasteiger partial charge >= 0.3 is 0 Å². The maximum absolute atomic E-state index is 13.1. The lowest BCUT2D eigenvalue weighted by Crippen LogP contribution is -2.02. The summed E-state index contributed by atoms with van der Waals surface area (Å²) in [6.07, 6.45) is 0.919. The van der Waals surface area contributed by atoms with Gasteiger partial charge in [-0.1, -0.05) is 18.5 Å². The molecule has 0 atom stereocenters. The fourth-order valence-electron chi connectivity index (χ4n) is 1.72. The van der Waals surface area contributed by atoms with Gasteiger partial charge in [0.15, 0.2) is 0 Å². The SMILES string of the molecule is CCc1nc(Cc2cc(F)cc(F)c2)nc(Cl)c1Br. The summed E-state index contributed by atoms with van der Waals surface area (Å²) in [5.41, 5.74) is 1.24. The number of aryl methyl sites for hydroxylation is 1. The van der Waals surface area contributed by atoms with Gasteiger partial charge in [-0.2, -0.15) is 0 Å². The predicted molar refractivity (Wildman–Crippen MR) is 73.3 cm³/mol. The normalized spacial score (nSPS) is 10.8. The van der Waals surface area contributed by atoms with Gasteiger partial charge in [0.05, 0.1) is 10.2 Å².